The fourth-order valence-corrected chi connectivity index (χ4v) is 3.06. The lowest BCUT2D eigenvalue weighted by molar-refractivity contribution is 0.0997. The Bertz CT molecular complexity index is 814. The highest BCUT2D eigenvalue weighted by Gasteiger charge is 2.18. The molecule has 6 nitrogen and oxygen atoms in total. The Morgan fingerprint density at radius 1 is 1.17 bits per heavy atom. The quantitative estimate of drug-likeness (QED) is 0.838. The number of rotatable bonds is 6. The summed E-state index contributed by atoms with van der Waals surface area (Å²) in [6.07, 6.45) is 0. The van der Waals surface area contributed by atoms with Crippen molar-refractivity contribution in [2.24, 2.45) is 5.73 Å². The highest BCUT2D eigenvalue weighted by molar-refractivity contribution is 7.89. The summed E-state index contributed by atoms with van der Waals surface area (Å²) in [4.78, 5) is 11.4. The van der Waals surface area contributed by atoms with Gasteiger partial charge in [0.25, 0.3) is 5.91 Å². The summed E-state index contributed by atoms with van der Waals surface area (Å²) in [5, 5.41) is 0. The van der Waals surface area contributed by atoms with Gasteiger partial charge in [-0.1, -0.05) is 29.8 Å². The molecule has 0 saturated heterocycles. The zero-order valence-corrected chi connectivity index (χ0v) is 13.7. The number of amides is 1. The molecule has 23 heavy (non-hydrogen) atoms. The van der Waals surface area contributed by atoms with Crippen LogP contribution in [-0.2, 0) is 16.6 Å². The molecule has 0 aromatic heterocycles. The van der Waals surface area contributed by atoms with Crippen LogP contribution in [0.4, 0.5) is 0 Å². The zero-order valence-electron chi connectivity index (χ0n) is 12.9. The molecule has 0 saturated carbocycles. The summed E-state index contributed by atoms with van der Waals surface area (Å²) < 4.78 is 32.2. The van der Waals surface area contributed by atoms with Crippen molar-refractivity contribution in [2.45, 2.75) is 18.4 Å². The van der Waals surface area contributed by atoms with Gasteiger partial charge in [0.2, 0.25) is 10.0 Å². The highest BCUT2D eigenvalue weighted by atomic mass is 32.2. The normalized spacial score (nSPS) is 11.2. The molecule has 0 aliphatic heterocycles. The molecule has 0 aliphatic rings. The number of carbonyl (C=O) groups is 1. The average molecular weight is 334 g/mol. The Balaban J connectivity index is 2.23. The van der Waals surface area contributed by atoms with Crippen molar-refractivity contribution in [1.82, 2.24) is 4.72 Å². The topological polar surface area (TPSA) is 98.5 Å². The number of sulfonamides is 1. The Hall–Kier alpha value is -2.38. The van der Waals surface area contributed by atoms with Crippen LogP contribution in [0.15, 0.2) is 47.4 Å². The first kappa shape index (κ1) is 17.0. The van der Waals surface area contributed by atoms with Crippen LogP contribution < -0.4 is 15.2 Å². The second kappa shape index (κ2) is 6.80. The number of carbonyl (C=O) groups excluding carboxylic acids is 1. The Kier molecular flexibility index (Phi) is 5.02. The Morgan fingerprint density at radius 2 is 1.83 bits per heavy atom. The first-order valence-electron chi connectivity index (χ1n) is 6.86. The van der Waals surface area contributed by atoms with E-state index >= 15 is 0 Å². The number of nitrogens with one attached hydrogen (secondary N) is 1. The van der Waals surface area contributed by atoms with E-state index in [0.29, 0.717) is 0 Å². The molecule has 2 aromatic rings. The molecule has 122 valence electrons. The summed E-state index contributed by atoms with van der Waals surface area (Å²) in [7, 11) is -2.38. The predicted molar refractivity (Wildman–Crippen MR) is 86.7 cm³/mol. The van der Waals surface area contributed by atoms with E-state index in [1.54, 1.807) is 0 Å². The number of methoxy groups -OCH3 is 1. The van der Waals surface area contributed by atoms with Gasteiger partial charge in [-0.25, -0.2) is 13.1 Å². The molecule has 7 heteroatoms. The number of hydrogen-bond donors (Lipinski definition) is 2. The minimum Gasteiger partial charge on any atom is -0.496 e. The molecule has 1 amide bonds. The maximum atomic E-state index is 12.3. The molecule has 2 aromatic carbocycles. The molecule has 2 rings (SSSR count). The average Bonchev–Trinajstić information content (AvgIpc) is 2.53. The summed E-state index contributed by atoms with van der Waals surface area (Å²) in [6.45, 7) is 2.11. The van der Waals surface area contributed by atoms with Crippen molar-refractivity contribution in [3.05, 3.63) is 59.2 Å². The van der Waals surface area contributed by atoms with Crippen LogP contribution >= 0.6 is 0 Å². The number of nitrogens with two attached hydrogens (primary N) is 1. The van der Waals surface area contributed by atoms with Crippen molar-refractivity contribution < 1.29 is 17.9 Å². The summed E-state index contributed by atoms with van der Waals surface area (Å²) in [5.41, 5.74) is 7.20. The van der Waals surface area contributed by atoms with Crippen molar-refractivity contribution in [1.29, 1.82) is 0 Å². The minimum atomic E-state index is -3.76. The largest absolute Gasteiger partial charge is 0.496 e. The van der Waals surface area contributed by atoms with Crippen LogP contribution in [0.25, 0.3) is 0 Å². The van der Waals surface area contributed by atoms with Gasteiger partial charge in [0.15, 0.2) is 0 Å². The smallest absolute Gasteiger partial charge is 0.252 e. The summed E-state index contributed by atoms with van der Waals surface area (Å²) in [5.74, 6) is -0.521. The van der Waals surface area contributed by atoms with Crippen LogP contribution in [-0.4, -0.2) is 21.4 Å². The molecule has 0 atom stereocenters. The molecule has 0 bridgehead atoms. The minimum absolute atomic E-state index is 0.0192. The molecule has 0 aliphatic carbocycles. The summed E-state index contributed by atoms with van der Waals surface area (Å²) in [6, 6.07) is 11.5. The molecule has 0 heterocycles. The van der Waals surface area contributed by atoms with E-state index in [1.807, 2.05) is 31.2 Å². The van der Waals surface area contributed by atoms with Gasteiger partial charge in [-0.15, -0.1) is 0 Å². The third kappa shape index (κ3) is 4.08. The number of ether oxygens (including phenoxy) is 1. The van der Waals surface area contributed by atoms with Gasteiger partial charge in [0, 0.05) is 6.54 Å². The van der Waals surface area contributed by atoms with Crippen LogP contribution in [0.2, 0.25) is 0 Å². The van der Waals surface area contributed by atoms with Crippen LogP contribution in [0, 0.1) is 6.92 Å². The third-order valence-corrected chi connectivity index (χ3v) is 4.73. The van der Waals surface area contributed by atoms with E-state index in [1.165, 1.54) is 25.3 Å². The van der Waals surface area contributed by atoms with Gasteiger partial charge in [0.1, 0.15) is 5.75 Å². The van der Waals surface area contributed by atoms with Gasteiger partial charge >= 0.3 is 0 Å². The van der Waals surface area contributed by atoms with E-state index in [4.69, 9.17) is 10.5 Å². The van der Waals surface area contributed by atoms with Crippen LogP contribution in [0.1, 0.15) is 21.5 Å². The second-order valence-corrected chi connectivity index (χ2v) is 6.80. The van der Waals surface area contributed by atoms with E-state index in [-0.39, 0.29) is 22.8 Å². The first-order chi connectivity index (χ1) is 10.8. The van der Waals surface area contributed by atoms with Gasteiger partial charge < -0.3 is 10.5 Å². The maximum absolute atomic E-state index is 12.3. The summed E-state index contributed by atoms with van der Waals surface area (Å²) >= 11 is 0. The second-order valence-electron chi connectivity index (χ2n) is 5.04. The Labute approximate surface area is 135 Å². The lowest BCUT2D eigenvalue weighted by Gasteiger charge is -2.10. The fraction of sp³-hybridized carbons (Fsp3) is 0.188. The lowest BCUT2D eigenvalue weighted by atomic mass is 10.2. The van der Waals surface area contributed by atoms with Crippen LogP contribution in [0.5, 0.6) is 5.75 Å². The monoisotopic (exact) mass is 334 g/mol. The first-order valence-corrected chi connectivity index (χ1v) is 8.35. The van der Waals surface area contributed by atoms with E-state index in [2.05, 4.69) is 4.72 Å². The number of aryl methyl sites for hydroxylation is 1. The van der Waals surface area contributed by atoms with Crippen molar-refractivity contribution >= 4 is 15.9 Å². The molecule has 0 unspecified atom stereocenters. The van der Waals surface area contributed by atoms with Gasteiger partial charge in [-0.05, 0) is 30.7 Å². The van der Waals surface area contributed by atoms with Crippen LogP contribution in [0.3, 0.4) is 0 Å². The predicted octanol–water partition coefficient (Wildman–Crippen LogP) is 1.58. The van der Waals surface area contributed by atoms with Gasteiger partial charge in [0.05, 0.1) is 17.6 Å². The maximum Gasteiger partial charge on any atom is 0.252 e. The van der Waals surface area contributed by atoms with E-state index in [0.717, 1.165) is 11.1 Å². The zero-order chi connectivity index (χ0) is 17.0. The van der Waals surface area contributed by atoms with Crippen molar-refractivity contribution in [3.8, 4) is 5.75 Å². The fourth-order valence-electron chi connectivity index (χ4n) is 2.01. The molecule has 3 N–H and O–H groups in total. The number of hydrogen-bond acceptors (Lipinski definition) is 4. The van der Waals surface area contributed by atoms with Gasteiger partial charge in [-0.2, -0.15) is 0 Å². The molecular weight excluding hydrogens is 316 g/mol. The van der Waals surface area contributed by atoms with E-state index < -0.39 is 15.9 Å². The van der Waals surface area contributed by atoms with Crippen molar-refractivity contribution in [3.63, 3.8) is 0 Å². The standard InChI is InChI=1S/C16H18N2O4S/c1-11-3-5-12(6-4-11)10-18-23(20,21)13-7-8-15(22-2)14(9-13)16(17)19/h3-9,18H,10H2,1-2H3,(H2,17,19). The van der Waals surface area contributed by atoms with Gasteiger partial charge in [-0.3, -0.25) is 4.79 Å². The molecule has 0 spiro atoms. The lowest BCUT2D eigenvalue weighted by Crippen LogP contribution is -2.24. The van der Waals surface area contributed by atoms with Crippen molar-refractivity contribution in [2.75, 3.05) is 7.11 Å². The highest BCUT2D eigenvalue weighted by Crippen LogP contribution is 2.22. The number of benzene rings is 2. The van der Waals surface area contributed by atoms with E-state index in [9.17, 15) is 13.2 Å². The molecular formula is C16H18N2O4S. The number of primary amides is 1. The third-order valence-electron chi connectivity index (χ3n) is 3.33. The SMILES string of the molecule is COc1ccc(S(=O)(=O)NCc2ccc(C)cc2)cc1C(N)=O. The Morgan fingerprint density at radius 3 is 2.39 bits per heavy atom. The molecule has 0 radical (unpaired) electrons. The molecule has 0 fully saturated rings.